The Morgan fingerprint density at radius 1 is 1.09 bits per heavy atom. The highest BCUT2D eigenvalue weighted by Crippen LogP contribution is 2.34. The molecule has 9 nitrogen and oxygen atoms in total. The highest BCUT2D eigenvalue weighted by molar-refractivity contribution is 6.31. The van der Waals surface area contributed by atoms with E-state index < -0.39 is 11.7 Å². The Morgan fingerprint density at radius 2 is 1.94 bits per heavy atom. The molecule has 0 spiro atoms. The predicted octanol–water partition coefficient (Wildman–Crippen LogP) is 7.63. The Morgan fingerprint density at radius 3 is 2.74 bits per heavy atom. The number of halogens is 2. The van der Waals surface area contributed by atoms with Crippen molar-refractivity contribution in [2.45, 2.75) is 13.3 Å². The van der Waals surface area contributed by atoms with Crippen LogP contribution in [-0.4, -0.2) is 35.0 Å². The van der Waals surface area contributed by atoms with E-state index in [1.54, 1.807) is 72.8 Å². The topological polar surface area (TPSA) is 108 Å². The van der Waals surface area contributed by atoms with Gasteiger partial charge in [0, 0.05) is 21.7 Å². The number of para-hydroxylation sites is 1. The second-order valence-corrected chi connectivity index (χ2v) is 10.8. The second kappa shape index (κ2) is 13.7. The molecule has 0 saturated carbocycles. The summed E-state index contributed by atoms with van der Waals surface area (Å²) in [6.07, 6.45) is 3.58. The van der Waals surface area contributed by atoms with Gasteiger partial charge in [-0.3, -0.25) is 9.59 Å². The zero-order valence-electron chi connectivity index (χ0n) is 25.2. The molecule has 6 aromatic rings. The SMILES string of the molecule is C=CCc1cc(C=Nn2c(-c3cc4cc(Cl)ccc4o3)nc3ccccc3c2=O)cc(OCC)c1OCC(=O)Nc1cccc(F)c1. The number of aromatic nitrogens is 2. The Labute approximate surface area is 273 Å². The summed E-state index contributed by atoms with van der Waals surface area (Å²) in [6.45, 7) is 5.63. The number of hydrogen-bond donors (Lipinski definition) is 1. The van der Waals surface area contributed by atoms with E-state index in [4.69, 9.17) is 30.5 Å². The summed E-state index contributed by atoms with van der Waals surface area (Å²) in [6, 6.07) is 23.1. The quantitative estimate of drug-likeness (QED) is 0.114. The molecule has 0 aliphatic rings. The molecular formula is C36H28ClFN4O5. The Kier molecular flexibility index (Phi) is 9.12. The maximum atomic E-state index is 13.7. The lowest BCUT2D eigenvalue weighted by Gasteiger charge is -2.16. The fourth-order valence-corrected chi connectivity index (χ4v) is 5.21. The van der Waals surface area contributed by atoms with Gasteiger partial charge in [-0.25, -0.2) is 9.37 Å². The minimum atomic E-state index is -0.475. The maximum absolute atomic E-state index is 13.7. The van der Waals surface area contributed by atoms with Crippen LogP contribution in [0.3, 0.4) is 0 Å². The van der Waals surface area contributed by atoms with Crippen LogP contribution in [0.15, 0.2) is 112 Å². The summed E-state index contributed by atoms with van der Waals surface area (Å²) in [5, 5.41) is 8.86. The fraction of sp³-hybridized carbons (Fsp3) is 0.111. The van der Waals surface area contributed by atoms with Crippen molar-refractivity contribution in [1.29, 1.82) is 0 Å². The first-order valence-electron chi connectivity index (χ1n) is 14.7. The number of hydrogen-bond acceptors (Lipinski definition) is 7. The van der Waals surface area contributed by atoms with Crippen LogP contribution in [0.1, 0.15) is 18.1 Å². The van der Waals surface area contributed by atoms with Crippen molar-refractivity contribution < 1.29 is 23.1 Å². The van der Waals surface area contributed by atoms with Crippen molar-refractivity contribution in [3.05, 3.63) is 130 Å². The number of nitrogens with one attached hydrogen (secondary N) is 1. The van der Waals surface area contributed by atoms with Crippen molar-refractivity contribution in [2.75, 3.05) is 18.5 Å². The van der Waals surface area contributed by atoms with Crippen molar-refractivity contribution in [3.8, 4) is 23.1 Å². The van der Waals surface area contributed by atoms with E-state index in [1.807, 2.05) is 6.92 Å². The molecule has 0 saturated heterocycles. The van der Waals surface area contributed by atoms with E-state index >= 15 is 0 Å². The monoisotopic (exact) mass is 650 g/mol. The lowest BCUT2D eigenvalue weighted by Crippen LogP contribution is -2.21. The average Bonchev–Trinajstić information content (AvgIpc) is 3.47. The zero-order chi connectivity index (χ0) is 32.9. The average molecular weight is 651 g/mol. The number of carbonyl (C=O) groups is 1. The van der Waals surface area contributed by atoms with Crippen molar-refractivity contribution >= 4 is 51.3 Å². The third-order valence-electron chi connectivity index (χ3n) is 7.05. The number of allylic oxidation sites excluding steroid dienone is 1. The summed E-state index contributed by atoms with van der Waals surface area (Å²) < 4.78 is 32.6. The highest BCUT2D eigenvalue weighted by atomic mass is 35.5. The summed E-state index contributed by atoms with van der Waals surface area (Å²) in [4.78, 5) is 31.1. The Balaban J connectivity index is 1.37. The summed E-state index contributed by atoms with van der Waals surface area (Å²) in [5.74, 6) is 0.318. The highest BCUT2D eigenvalue weighted by Gasteiger charge is 2.18. The van der Waals surface area contributed by atoms with Gasteiger partial charge in [-0.1, -0.05) is 35.9 Å². The molecule has 0 atom stereocenters. The molecule has 4 aromatic carbocycles. The van der Waals surface area contributed by atoms with E-state index in [0.717, 1.165) is 5.39 Å². The van der Waals surface area contributed by atoms with E-state index in [2.05, 4.69) is 17.0 Å². The minimum Gasteiger partial charge on any atom is -0.490 e. The van der Waals surface area contributed by atoms with Crippen LogP contribution in [0.4, 0.5) is 10.1 Å². The molecule has 0 aliphatic heterocycles. The first-order chi connectivity index (χ1) is 22.8. The molecule has 236 valence electrons. The van der Waals surface area contributed by atoms with E-state index in [-0.39, 0.29) is 18.0 Å². The van der Waals surface area contributed by atoms with Gasteiger partial charge in [-0.15, -0.1) is 6.58 Å². The van der Waals surface area contributed by atoms with Crippen molar-refractivity contribution in [2.24, 2.45) is 5.10 Å². The van der Waals surface area contributed by atoms with Gasteiger partial charge in [0.05, 0.1) is 23.7 Å². The molecule has 0 radical (unpaired) electrons. The van der Waals surface area contributed by atoms with Gasteiger partial charge < -0.3 is 19.2 Å². The number of fused-ring (bicyclic) bond motifs is 2. The number of amides is 1. The molecular weight excluding hydrogens is 623 g/mol. The van der Waals surface area contributed by atoms with Crippen LogP contribution in [0.25, 0.3) is 33.5 Å². The van der Waals surface area contributed by atoms with Crippen molar-refractivity contribution in [3.63, 3.8) is 0 Å². The molecule has 11 heteroatoms. The maximum Gasteiger partial charge on any atom is 0.282 e. The molecule has 6 rings (SSSR count). The third kappa shape index (κ3) is 6.92. The van der Waals surface area contributed by atoms with Crippen LogP contribution >= 0.6 is 11.6 Å². The van der Waals surface area contributed by atoms with Crippen molar-refractivity contribution in [1.82, 2.24) is 9.66 Å². The smallest absolute Gasteiger partial charge is 0.282 e. The first-order valence-corrected chi connectivity index (χ1v) is 15.0. The van der Waals surface area contributed by atoms with Crippen LogP contribution in [0.2, 0.25) is 5.02 Å². The molecule has 47 heavy (non-hydrogen) atoms. The van der Waals surface area contributed by atoms with E-state index in [1.165, 1.54) is 29.1 Å². The third-order valence-corrected chi connectivity index (χ3v) is 7.28. The van der Waals surface area contributed by atoms with E-state index in [0.29, 0.717) is 68.6 Å². The number of ether oxygens (including phenoxy) is 2. The second-order valence-electron chi connectivity index (χ2n) is 10.4. The molecule has 0 fully saturated rings. The first kappa shape index (κ1) is 31.3. The van der Waals surface area contributed by atoms with Gasteiger partial charge in [0.15, 0.2) is 23.9 Å². The number of furan rings is 1. The number of anilines is 1. The Hall–Kier alpha value is -5.74. The van der Waals surface area contributed by atoms with Gasteiger partial charge in [0.1, 0.15) is 11.4 Å². The normalized spacial score (nSPS) is 11.3. The van der Waals surface area contributed by atoms with Gasteiger partial charge in [0.2, 0.25) is 5.82 Å². The minimum absolute atomic E-state index is 0.206. The zero-order valence-corrected chi connectivity index (χ0v) is 26.0. The van der Waals surface area contributed by atoms with Crippen LogP contribution in [-0.2, 0) is 11.2 Å². The molecule has 0 aliphatic carbocycles. The summed E-state index contributed by atoms with van der Waals surface area (Å²) >= 11 is 6.19. The van der Waals surface area contributed by atoms with Crippen LogP contribution < -0.4 is 20.3 Å². The molecule has 2 heterocycles. The lowest BCUT2D eigenvalue weighted by molar-refractivity contribution is -0.118. The van der Waals surface area contributed by atoms with Crippen LogP contribution in [0.5, 0.6) is 11.5 Å². The molecule has 0 unspecified atom stereocenters. The summed E-state index contributed by atoms with van der Waals surface area (Å²) in [7, 11) is 0. The van der Waals surface area contributed by atoms with Gasteiger partial charge in [-0.2, -0.15) is 9.78 Å². The number of rotatable bonds is 11. The van der Waals surface area contributed by atoms with Gasteiger partial charge in [0.25, 0.3) is 11.5 Å². The number of nitrogens with zero attached hydrogens (tertiary/aromatic N) is 3. The standard InChI is InChI=1S/C36H28ClFN4O5/c1-3-8-23-15-22(16-31(45-4-2)34(23)46-21-33(43)40-27-10-7-9-26(38)19-27)20-39-42-35(41-29-12-6-5-11-28(29)36(42)44)32-18-24-17-25(37)13-14-30(24)47-32/h3,5-7,9-20H,1,4,8,21H2,2H3,(H,40,43). The fourth-order valence-electron chi connectivity index (χ4n) is 5.03. The molecule has 1 amide bonds. The largest absolute Gasteiger partial charge is 0.490 e. The van der Waals surface area contributed by atoms with Gasteiger partial charge >= 0.3 is 0 Å². The molecule has 1 N–H and O–H groups in total. The number of benzene rings is 4. The Bertz CT molecular complexity index is 2230. The molecule has 2 aromatic heterocycles. The van der Waals surface area contributed by atoms with E-state index in [9.17, 15) is 14.0 Å². The number of carbonyl (C=O) groups excluding carboxylic acids is 1. The lowest BCUT2D eigenvalue weighted by atomic mass is 10.1. The summed E-state index contributed by atoms with van der Waals surface area (Å²) in [5.41, 5.74) is 2.26. The van der Waals surface area contributed by atoms with Crippen LogP contribution in [0, 0.1) is 5.82 Å². The predicted molar refractivity (Wildman–Crippen MR) is 181 cm³/mol. The molecule has 0 bridgehead atoms. The van der Waals surface area contributed by atoms with Gasteiger partial charge in [-0.05, 0) is 85.6 Å².